The Morgan fingerprint density at radius 1 is 1.41 bits per heavy atom. The van der Waals surface area contributed by atoms with Crippen molar-refractivity contribution in [1.82, 2.24) is 15.5 Å². The van der Waals surface area contributed by atoms with Crippen molar-refractivity contribution in [1.29, 1.82) is 0 Å². The second-order valence-electron chi connectivity index (χ2n) is 4.64. The first-order valence-corrected chi connectivity index (χ1v) is 6.52. The standard InChI is InChI=1S/C14H18N4O3.ClH/c1-8(15)14(19)17-12(13-16-9(2)21-18-13)10-6-4-5-7-11(10)20-3;/h4-8,12H,15H2,1-3H3,(H,17,19);1H/t8-,12?;/m1./s1. The Bertz CT molecular complexity index is 630. The van der Waals surface area contributed by atoms with E-state index in [2.05, 4.69) is 15.5 Å². The number of methoxy groups -OCH3 is 1. The number of aryl methyl sites for hydroxylation is 1. The molecule has 1 aromatic carbocycles. The normalized spacial score (nSPS) is 12.9. The van der Waals surface area contributed by atoms with Gasteiger partial charge in [-0.1, -0.05) is 23.4 Å². The first kappa shape index (κ1) is 17.9. The molecule has 0 radical (unpaired) electrons. The Kier molecular flexibility index (Phi) is 6.33. The molecule has 0 aliphatic rings. The van der Waals surface area contributed by atoms with Crippen LogP contribution in [0.3, 0.4) is 0 Å². The summed E-state index contributed by atoms with van der Waals surface area (Å²) in [5, 5.41) is 6.69. The zero-order valence-corrected chi connectivity index (χ0v) is 13.4. The molecule has 1 aromatic heterocycles. The Morgan fingerprint density at radius 2 is 2.09 bits per heavy atom. The first-order valence-electron chi connectivity index (χ1n) is 6.52. The molecule has 0 aliphatic heterocycles. The van der Waals surface area contributed by atoms with Crippen molar-refractivity contribution in [2.45, 2.75) is 25.9 Å². The van der Waals surface area contributed by atoms with Gasteiger partial charge in [-0.3, -0.25) is 4.79 Å². The number of carbonyl (C=O) groups excluding carboxylic acids is 1. The Balaban J connectivity index is 0.00000242. The van der Waals surface area contributed by atoms with Crippen LogP contribution < -0.4 is 15.8 Å². The van der Waals surface area contributed by atoms with Crippen LogP contribution in [0, 0.1) is 6.92 Å². The number of benzene rings is 1. The van der Waals surface area contributed by atoms with Gasteiger partial charge in [0.2, 0.25) is 11.8 Å². The monoisotopic (exact) mass is 326 g/mol. The molecule has 22 heavy (non-hydrogen) atoms. The van der Waals surface area contributed by atoms with Crippen molar-refractivity contribution in [2.24, 2.45) is 5.73 Å². The zero-order chi connectivity index (χ0) is 15.4. The van der Waals surface area contributed by atoms with Crippen LogP contribution in [0.5, 0.6) is 5.75 Å². The maximum atomic E-state index is 11.9. The molecule has 1 unspecified atom stereocenters. The van der Waals surface area contributed by atoms with Gasteiger partial charge in [0.05, 0.1) is 13.2 Å². The molecule has 2 aromatic rings. The van der Waals surface area contributed by atoms with E-state index in [1.165, 1.54) is 0 Å². The van der Waals surface area contributed by atoms with Crippen LogP contribution in [-0.4, -0.2) is 29.2 Å². The fourth-order valence-corrected chi connectivity index (χ4v) is 1.89. The van der Waals surface area contributed by atoms with Crippen molar-refractivity contribution in [3.05, 3.63) is 41.5 Å². The minimum atomic E-state index is -0.643. The predicted octanol–water partition coefficient (Wildman–Crippen LogP) is 1.36. The van der Waals surface area contributed by atoms with E-state index in [9.17, 15) is 4.79 Å². The highest BCUT2D eigenvalue weighted by Crippen LogP contribution is 2.28. The summed E-state index contributed by atoms with van der Waals surface area (Å²) in [6.07, 6.45) is 0. The summed E-state index contributed by atoms with van der Waals surface area (Å²) in [6, 6.07) is 6.08. The van der Waals surface area contributed by atoms with E-state index >= 15 is 0 Å². The fraction of sp³-hybridized carbons (Fsp3) is 0.357. The maximum absolute atomic E-state index is 11.9. The molecule has 0 aliphatic carbocycles. The lowest BCUT2D eigenvalue weighted by molar-refractivity contribution is -0.122. The molecule has 120 valence electrons. The molecular weight excluding hydrogens is 308 g/mol. The van der Waals surface area contributed by atoms with Crippen molar-refractivity contribution >= 4 is 18.3 Å². The van der Waals surface area contributed by atoms with Crippen molar-refractivity contribution < 1.29 is 14.1 Å². The number of carbonyl (C=O) groups is 1. The number of halogens is 1. The minimum Gasteiger partial charge on any atom is -0.496 e. The number of nitrogens with two attached hydrogens (primary N) is 1. The molecule has 2 rings (SSSR count). The summed E-state index contributed by atoms with van der Waals surface area (Å²) in [5.74, 6) is 1.08. The average molecular weight is 327 g/mol. The molecule has 3 N–H and O–H groups in total. The summed E-state index contributed by atoms with van der Waals surface area (Å²) >= 11 is 0. The number of hydrogen-bond donors (Lipinski definition) is 2. The molecule has 1 heterocycles. The van der Waals surface area contributed by atoms with Gasteiger partial charge in [0.25, 0.3) is 0 Å². The predicted molar refractivity (Wildman–Crippen MR) is 82.9 cm³/mol. The number of nitrogens with one attached hydrogen (secondary N) is 1. The third-order valence-electron chi connectivity index (χ3n) is 2.95. The molecule has 0 spiro atoms. The van der Waals surface area contributed by atoms with E-state index in [-0.39, 0.29) is 18.3 Å². The molecule has 0 saturated heterocycles. The molecule has 0 saturated carbocycles. The van der Waals surface area contributed by atoms with Gasteiger partial charge < -0.3 is 20.3 Å². The van der Waals surface area contributed by atoms with Crippen LogP contribution in [0.4, 0.5) is 0 Å². The lowest BCUT2D eigenvalue weighted by Gasteiger charge is -2.19. The van der Waals surface area contributed by atoms with Crippen LogP contribution in [0.15, 0.2) is 28.8 Å². The fourth-order valence-electron chi connectivity index (χ4n) is 1.89. The Hall–Kier alpha value is -2.12. The smallest absolute Gasteiger partial charge is 0.237 e. The van der Waals surface area contributed by atoms with Gasteiger partial charge in [-0.15, -0.1) is 12.4 Å². The molecule has 0 bridgehead atoms. The van der Waals surface area contributed by atoms with Crippen LogP contribution in [-0.2, 0) is 4.79 Å². The van der Waals surface area contributed by atoms with E-state index in [0.29, 0.717) is 17.5 Å². The van der Waals surface area contributed by atoms with Gasteiger partial charge >= 0.3 is 0 Å². The van der Waals surface area contributed by atoms with Crippen LogP contribution in [0.25, 0.3) is 0 Å². The lowest BCUT2D eigenvalue weighted by atomic mass is 10.0. The van der Waals surface area contributed by atoms with E-state index in [0.717, 1.165) is 5.56 Å². The summed E-state index contributed by atoms with van der Waals surface area (Å²) in [7, 11) is 1.56. The Labute approximate surface area is 134 Å². The summed E-state index contributed by atoms with van der Waals surface area (Å²) in [6.45, 7) is 3.29. The van der Waals surface area contributed by atoms with Gasteiger partial charge in [-0.2, -0.15) is 4.98 Å². The van der Waals surface area contributed by atoms with E-state index < -0.39 is 12.1 Å². The highest BCUT2D eigenvalue weighted by atomic mass is 35.5. The van der Waals surface area contributed by atoms with Crippen LogP contribution in [0.1, 0.15) is 30.2 Å². The topological polar surface area (TPSA) is 103 Å². The van der Waals surface area contributed by atoms with Crippen LogP contribution in [0.2, 0.25) is 0 Å². The Morgan fingerprint density at radius 3 is 2.64 bits per heavy atom. The molecule has 1 amide bonds. The van der Waals surface area contributed by atoms with Crippen molar-refractivity contribution in [2.75, 3.05) is 7.11 Å². The SMILES string of the molecule is COc1ccccc1C(NC(=O)[C@@H](C)N)c1noc(C)n1.Cl. The van der Waals surface area contributed by atoms with E-state index in [4.69, 9.17) is 15.0 Å². The van der Waals surface area contributed by atoms with Gasteiger partial charge in [0, 0.05) is 12.5 Å². The number of hydrogen-bond acceptors (Lipinski definition) is 6. The lowest BCUT2D eigenvalue weighted by Crippen LogP contribution is -2.41. The van der Waals surface area contributed by atoms with E-state index in [1.54, 1.807) is 27.0 Å². The van der Waals surface area contributed by atoms with Gasteiger partial charge in [-0.05, 0) is 13.0 Å². The highest BCUT2D eigenvalue weighted by Gasteiger charge is 2.25. The zero-order valence-electron chi connectivity index (χ0n) is 12.6. The molecule has 0 fully saturated rings. The second kappa shape index (κ2) is 7.77. The number of amides is 1. The number of rotatable bonds is 5. The third-order valence-corrected chi connectivity index (χ3v) is 2.95. The minimum absolute atomic E-state index is 0. The van der Waals surface area contributed by atoms with Gasteiger partial charge in [-0.25, -0.2) is 0 Å². The summed E-state index contributed by atoms with van der Waals surface area (Å²) in [4.78, 5) is 16.1. The molecule has 7 nitrogen and oxygen atoms in total. The number of nitrogens with zero attached hydrogens (tertiary/aromatic N) is 2. The van der Waals surface area contributed by atoms with Crippen LogP contribution >= 0.6 is 12.4 Å². The van der Waals surface area contributed by atoms with E-state index in [1.807, 2.05) is 18.2 Å². The second-order valence-corrected chi connectivity index (χ2v) is 4.64. The summed E-state index contributed by atoms with van der Waals surface area (Å²) < 4.78 is 10.3. The first-order chi connectivity index (χ1) is 10.0. The largest absolute Gasteiger partial charge is 0.496 e. The third kappa shape index (κ3) is 3.96. The quantitative estimate of drug-likeness (QED) is 0.860. The average Bonchev–Trinajstić information content (AvgIpc) is 2.90. The van der Waals surface area contributed by atoms with Gasteiger partial charge in [0.15, 0.2) is 5.82 Å². The number of para-hydroxylation sites is 1. The van der Waals surface area contributed by atoms with Crippen molar-refractivity contribution in [3.8, 4) is 5.75 Å². The van der Waals surface area contributed by atoms with Crippen molar-refractivity contribution in [3.63, 3.8) is 0 Å². The highest BCUT2D eigenvalue weighted by molar-refractivity contribution is 5.85. The number of aromatic nitrogens is 2. The molecule has 2 atom stereocenters. The summed E-state index contributed by atoms with van der Waals surface area (Å²) in [5.41, 5.74) is 6.34. The van der Waals surface area contributed by atoms with Gasteiger partial charge in [0.1, 0.15) is 11.8 Å². The molecular formula is C14H19ClN4O3. The maximum Gasteiger partial charge on any atom is 0.237 e. The molecule has 8 heteroatoms. The number of ether oxygens (including phenoxy) is 1.